The molecular weight excluding hydrogens is 276 g/mol. The summed E-state index contributed by atoms with van der Waals surface area (Å²) >= 11 is 0. The fourth-order valence-corrected chi connectivity index (χ4v) is 3.50. The van der Waals surface area contributed by atoms with E-state index in [9.17, 15) is 4.79 Å². The molecule has 1 aliphatic heterocycles. The van der Waals surface area contributed by atoms with Crippen molar-refractivity contribution in [2.45, 2.75) is 32.6 Å². The van der Waals surface area contributed by atoms with E-state index in [0.717, 1.165) is 36.3 Å². The summed E-state index contributed by atoms with van der Waals surface area (Å²) in [5.41, 5.74) is 0.809. The molecule has 0 aromatic heterocycles. The molecule has 2 unspecified atom stereocenters. The Morgan fingerprint density at radius 1 is 1.18 bits per heavy atom. The van der Waals surface area contributed by atoms with E-state index in [1.807, 2.05) is 24.3 Å². The molecule has 1 aromatic carbocycles. The second-order valence-corrected chi connectivity index (χ2v) is 6.62. The van der Waals surface area contributed by atoms with Crippen molar-refractivity contribution in [3.8, 4) is 5.75 Å². The predicted molar refractivity (Wildman–Crippen MR) is 88.1 cm³/mol. The standard InChI is InChI=1S/C18H26N2O2/c1-14(21)19-17-6-8-18(9-7-17)22-11-3-2-10-20-12-15-4-5-16(15)13-20/h6-9,15-16H,2-5,10-13H2,1H3,(H,19,21). The van der Waals surface area contributed by atoms with Crippen molar-refractivity contribution in [2.75, 3.05) is 31.6 Å². The molecule has 22 heavy (non-hydrogen) atoms. The molecule has 1 N–H and O–H groups in total. The molecule has 1 amide bonds. The maximum Gasteiger partial charge on any atom is 0.221 e. The summed E-state index contributed by atoms with van der Waals surface area (Å²) in [6.07, 6.45) is 5.22. The van der Waals surface area contributed by atoms with Gasteiger partial charge < -0.3 is 15.0 Å². The lowest BCUT2D eigenvalue weighted by molar-refractivity contribution is -0.114. The van der Waals surface area contributed by atoms with Gasteiger partial charge in [-0.15, -0.1) is 0 Å². The molecule has 1 heterocycles. The van der Waals surface area contributed by atoms with Gasteiger partial charge in [-0.25, -0.2) is 0 Å². The lowest BCUT2D eigenvalue weighted by atomic mass is 9.77. The third-order valence-electron chi connectivity index (χ3n) is 4.87. The molecule has 1 aromatic rings. The van der Waals surface area contributed by atoms with Crippen molar-refractivity contribution in [3.05, 3.63) is 24.3 Å². The second kappa shape index (κ2) is 7.14. The Balaban J connectivity index is 1.29. The average molecular weight is 302 g/mol. The number of unbranched alkanes of at least 4 members (excludes halogenated alkanes) is 1. The van der Waals surface area contributed by atoms with Gasteiger partial charge in [0.15, 0.2) is 0 Å². The van der Waals surface area contributed by atoms with Gasteiger partial charge in [-0.3, -0.25) is 4.79 Å². The van der Waals surface area contributed by atoms with Gasteiger partial charge in [0.25, 0.3) is 0 Å². The first-order valence-electron chi connectivity index (χ1n) is 8.43. The van der Waals surface area contributed by atoms with Crippen LogP contribution < -0.4 is 10.1 Å². The number of nitrogens with one attached hydrogen (secondary N) is 1. The first-order valence-corrected chi connectivity index (χ1v) is 8.43. The highest BCUT2D eigenvalue weighted by molar-refractivity contribution is 5.88. The quantitative estimate of drug-likeness (QED) is 0.787. The van der Waals surface area contributed by atoms with E-state index in [1.54, 1.807) is 0 Å². The van der Waals surface area contributed by atoms with Gasteiger partial charge in [-0.2, -0.15) is 0 Å². The largest absolute Gasteiger partial charge is 0.494 e. The zero-order valence-corrected chi connectivity index (χ0v) is 13.4. The number of hydrogen-bond acceptors (Lipinski definition) is 3. The third kappa shape index (κ3) is 4.01. The zero-order chi connectivity index (χ0) is 15.4. The fraction of sp³-hybridized carbons (Fsp3) is 0.611. The summed E-state index contributed by atoms with van der Waals surface area (Å²) in [7, 11) is 0. The topological polar surface area (TPSA) is 41.6 Å². The Morgan fingerprint density at radius 2 is 1.86 bits per heavy atom. The fourth-order valence-electron chi connectivity index (χ4n) is 3.50. The summed E-state index contributed by atoms with van der Waals surface area (Å²) < 4.78 is 5.75. The SMILES string of the molecule is CC(=O)Nc1ccc(OCCCCN2CC3CCC3C2)cc1. The van der Waals surface area contributed by atoms with Gasteiger partial charge in [-0.1, -0.05) is 0 Å². The van der Waals surface area contributed by atoms with E-state index in [0.29, 0.717) is 0 Å². The van der Waals surface area contributed by atoms with Crippen LogP contribution in [0.3, 0.4) is 0 Å². The Bertz CT molecular complexity index is 488. The van der Waals surface area contributed by atoms with Crippen LogP contribution in [0.1, 0.15) is 32.6 Å². The highest BCUT2D eigenvalue weighted by Crippen LogP contribution is 2.40. The molecule has 2 aliphatic rings. The maximum absolute atomic E-state index is 10.9. The molecule has 0 bridgehead atoms. The van der Waals surface area contributed by atoms with Crippen molar-refractivity contribution in [3.63, 3.8) is 0 Å². The van der Waals surface area contributed by atoms with Crippen molar-refractivity contribution in [1.82, 2.24) is 4.90 Å². The molecule has 0 radical (unpaired) electrons. The summed E-state index contributed by atoms with van der Waals surface area (Å²) in [6, 6.07) is 7.56. The first-order chi connectivity index (χ1) is 10.7. The Hall–Kier alpha value is -1.55. The maximum atomic E-state index is 10.9. The molecule has 3 rings (SSSR count). The van der Waals surface area contributed by atoms with Crippen molar-refractivity contribution in [1.29, 1.82) is 0 Å². The van der Waals surface area contributed by atoms with Crippen LogP contribution in [0.4, 0.5) is 5.69 Å². The number of anilines is 1. The Labute approximate surface area is 132 Å². The van der Waals surface area contributed by atoms with Crippen LogP contribution in [0, 0.1) is 11.8 Å². The van der Waals surface area contributed by atoms with Crippen LogP contribution in [-0.2, 0) is 4.79 Å². The van der Waals surface area contributed by atoms with Crippen LogP contribution in [0.2, 0.25) is 0 Å². The lowest BCUT2D eigenvalue weighted by Gasteiger charge is -2.28. The number of carbonyl (C=O) groups is 1. The highest BCUT2D eigenvalue weighted by Gasteiger charge is 2.38. The predicted octanol–water partition coefficient (Wildman–Crippen LogP) is 3.15. The minimum Gasteiger partial charge on any atom is -0.494 e. The lowest BCUT2D eigenvalue weighted by Crippen LogP contribution is -2.22. The van der Waals surface area contributed by atoms with E-state index in [4.69, 9.17) is 4.74 Å². The van der Waals surface area contributed by atoms with Gasteiger partial charge in [0.2, 0.25) is 5.91 Å². The number of benzene rings is 1. The molecule has 4 heteroatoms. The van der Waals surface area contributed by atoms with Crippen LogP contribution in [0.15, 0.2) is 24.3 Å². The van der Waals surface area contributed by atoms with Gasteiger partial charge >= 0.3 is 0 Å². The molecule has 0 spiro atoms. The number of ether oxygens (including phenoxy) is 1. The van der Waals surface area contributed by atoms with Gasteiger partial charge in [-0.05, 0) is 68.3 Å². The van der Waals surface area contributed by atoms with Crippen LogP contribution in [0.25, 0.3) is 0 Å². The van der Waals surface area contributed by atoms with E-state index in [1.165, 1.54) is 45.8 Å². The third-order valence-corrected chi connectivity index (χ3v) is 4.87. The molecule has 1 aliphatic carbocycles. The van der Waals surface area contributed by atoms with E-state index < -0.39 is 0 Å². The van der Waals surface area contributed by atoms with E-state index >= 15 is 0 Å². The first kappa shape index (κ1) is 15.3. The number of likely N-dealkylation sites (tertiary alicyclic amines) is 1. The number of fused-ring (bicyclic) bond motifs is 1. The summed E-state index contributed by atoms with van der Waals surface area (Å²) in [5, 5.41) is 2.75. The summed E-state index contributed by atoms with van der Waals surface area (Å²) in [4.78, 5) is 13.6. The molecule has 4 nitrogen and oxygen atoms in total. The molecule has 1 saturated carbocycles. The van der Waals surface area contributed by atoms with Crippen LogP contribution in [0.5, 0.6) is 5.75 Å². The smallest absolute Gasteiger partial charge is 0.221 e. The minimum absolute atomic E-state index is 0.0518. The van der Waals surface area contributed by atoms with Gasteiger partial charge in [0.1, 0.15) is 5.75 Å². The molecule has 120 valence electrons. The molecule has 2 atom stereocenters. The normalized spacial score (nSPS) is 23.7. The number of amides is 1. The van der Waals surface area contributed by atoms with Gasteiger partial charge in [0.05, 0.1) is 6.61 Å². The van der Waals surface area contributed by atoms with E-state index in [2.05, 4.69) is 10.2 Å². The van der Waals surface area contributed by atoms with Crippen LogP contribution in [-0.4, -0.2) is 37.0 Å². The van der Waals surface area contributed by atoms with Crippen molar-refractivity contribution >= 4 is 11.6 Å². The van der Waals surface area contributed by atoms with E-state index in [-0.39, 0.29) is 5.91 Å². The number of hydrogen-bond donors (Lipinski definition) is 1. The summed E-state index contributed by atoms with van der Waals surface area (Å²) in [5.74, 6) is 2.84. The minimum atomic E-state index is -0.0518. The molecule has 1 saturated heterocycles. The second-order valence-electron chi connectivity index (χ2n) is 6.62. The zero-order valence-electron chi connectivity index (χ0n) is 13.4. The number of nitrogens with zero attached hydrogens (tertiary/aromatic N) is 1. The van der Waals surface area contributed by atoms with Gasteiger partial charge in [0, 0.05) is 25.7 Å². The molecular formula is C18H26N2O2. The van der Waals surface area contributed by atoms with Crippen molar-refractivity contribution < 1.29 is 9.53 Å². The molecule has 2 fully saturated rings. The highest BCUT2D eigenvalue weighted by atomic mass is 16.5. The average Bonchev–Trinajstić information content (AvgIpc) is 2.75. The van der Waals surface area contributed by atoms with Crippen molar-refractivity contribution in [2.24, 2.45) is 11.8 Å². The Kier molecular flexibility index (Phi) is 4.98. The number of carbonyl (C=O) groups excluding carboxylic acids is 1. The van der Waals surface area contributed by atoms with Crippen LogP contribution >= 0.6 is 0 Å². The number of rotatable bonds is 7. The monoisotopic (exact) mass is 302 g/mol. The Morgan fingerprint density at radius 3 is 2.45 bits per heavy atom. The summed E-state index contributed by atoms with van der Waals surface area (Å²) in [6.45, 7) is 6.15.